The van der Waals surface area contributed by atoms with Gasteiger partial charge in [-0.3, -0.25) is 4.79 Å². The van der Waals surface area contributed by atoms with Crippen LogP contribution < -0.4 is 10.1 Å². The summed E-state index contributed by atoms with van der Waals surface area (Å²) in [4.78, 5) is 12.4. The Balaban J connectivity index is 1.61. The van der Waals surface area contributed by atoms with E-state index in [2.05, 4.69) is 15.5 Å². The van der Waals surface area contributed by atoms with E-state index < -0.39 is 0 Å². The van der Waals surface area contributed by atoms with E-state index >= 15 is 0 Å². The third-order valence-corrected chi connectivity index (χ3v) is 5.56. The Bertz CT molecular complexity index is 936. The Hall–Kier alpha value is -2.80. The van der Waals surface area contributed by atoms with Gasteiger partial charge in [0.2, 0.25) is 5.91 Å². The van der Waals surface area contributed by atoms with Crippen molar-refractivity contribution in [2.75, 3.05) is 7.11 Å². The molecule has 0 fully saturated rings. The minimum atomic E-state index is -0.280. The largest absolute Gasteiger partial charge is 0.497 e. The van der Waals surface area contributed by atoms with Crippen molar-refractivity contribution in [3.05, 3.63) is 59.7 Å². The molecule has 3 rings (SSSR count). The van der Waals surface area contributed by atoms with Crippen molar-refractivity contribution in [2.45, 2.75) is 30.8 Å². The molecule has 0 aliphatic carbocycles. The molecule has 146 valence electrons. The van der Waals surface area contributed by atoms with E-state index in [-0.39, 0.29) is 11.2 Å². The smallest absolute Gasteiger partial charge is 0.233 e. The first-order valence-electron chi connectivity index (χ1n) is 9.01. The van der Waals surface area contributed by atoms with Gasteiger partial charge in [0.25, 0.3) is 0 Å². The van der Waals surface area contributed by atoms with Crippen molar-refractivity contribution >= 4 is 17.7 Å². The van der Waals surface area contributed by atoms with Gasteiger partial charge in [-0.25, -0.2) is 0 Å². The number of hydrogen-bond acceptors (Lipinski definition) is 5. The molecule has 1 atom stereocenters. The lowest BCUT2D eigenvalue weighted by molar-refractivity contribution is -0.120. The maximum absolute atomic E-state index is 12.4. The summed E-state index contributed by atoms with van der Waals surface area (Å²) in [5.74, 6) is 1.51. The molecule has 1 heterocycles. The average molecular weight is 397 g/mol. The second-order valence-corrected chi connectivity index (χ2v) is 7.87. The fraction of sp³-hybridized carbons (Fsp3) is 0.286. The van der Waals surface area contributed by atoms with Gasteiger partial charge in [-0.2, -0.15) is 0 Å². The second kappa shape index (κ2) is 8.93. The molecule has 0 spiro atoms. The predicted octanol–water partition coefficient (Wildman–Crippen LogP) is 3.60. The Kier molecular flexibility index (Phi) is 6.36. The van der Waals surface area contributed by atoms with Crippen molar-refractivity contribution in [1.82, 2.24) is 20.1 Å². The number of nitrogens with one attached hydrogen (secondary N) is 1. The highest BCUT2D eigenvalue weighted by atomic mass is 32.2. The van der Waals surface area contributed by atoms with E-state index in [4.69, 9.17) is 4.74 Å². The van der Waals surface area contributed by atoms with Crippen molar-refractivity contribution in [1.29, 1.82) is 0 Å². The summed E-state index contributed by atoms with van der Waals surface area (Å²) < 4.78 is 7.09. The molecular formula is C21H24N4O2S. The van der Waals surface area contributed by atoms with Gasteiger partial charge in [-0.1, -0.05) is 41.6 Å². The first kappa shape index (κ1) is 19.9. The molecular weight excluding hydrogens is 372 g/mol. The van der Waals surface area contributed by atoms with Gasteiger partial charge in [0.15, 0.2) is 11.0 Å². The molecule has 0 aliphatic heterocycles. The topological polar surface area (TPSA) is 69.0 Å². The van der Waals surface area contributed by atoms with Crippen LogP contribution in [0.25, 0.3) is 11.4 Å². The number of aromatic nitrogens is 3. The Morgan fingerprint density at radius 1 is 1.14 bits per heavy atom. The fourth-order valence-electron chi connectivity index (χ4n) is 2.66. The number of ether oxygens (including phenoxy) is 1. The fourth-order valence-corrected chi connectivity index (χ4v) is 3.50. The molecule has 1 amide bonds. The lowest BCUT2D eigenvalue weighted by Gasteiger charge is -2.12. The first-order valence-corrected chi connectivity index (χ1v) is 9.89. The molecule has 3 aromatic rings. The normalized spacial score (nSPS) is 11.9. The van der Waals surface area contributed by atoms with Crippen LogP contribution in [0.4, 0.5) is 0 Å². The van der Waals surface area contributed by atoms with Crippen LogP contribution in [0.5, 0.6) is 5.75 Å². The highest BCUT2D eigenvalue weighted by molar-refractivity contribution is 8.00. The predicted molar refractivity (Wildman–Crippen MR) is 111 cm³/mol. The number of carbonyl (C=O) groups excluding carboxylic acids is 1. The first-order chi connectivity index (χ1) is 13.5. The molecule has 0 saturated carbocycles. The molecule has 0 radical (unpaired) electrons. The minimum Gasteiger partial charge on any atom is -0.497 e. The molecule has 1 N–H and O–H groups in total. The number of amides is 1. The summed E-state index contributed by atoms with van der Waals surface area (Å²) in [5.41, 5.74) is 3.23. The van der Waals surface area contributed by atoms with E-state index in [9.17, 15) is 4.79 Å². The van der Waals surface area contributed by atoms with Crippen molar-refractivity contribution in [3.8, 4) is 17.1 Å². The zero-order chi connectivity index (χ0) is 20.1. The number of methoxy groups -OCH3 is 1. The highest BCUT2D eigenvalue weighted by Gasteiger charge is 2.19. The Labute approximate surface area is 169 Å². The van der Waals surface area contributed by atoms with Gasteiger partial charge >= 0.3 is 0 Å². The number of benzene rings is 2. The third kappa shape index (κ3) is 4.72. The van der Waals surface area contributed by atoms with Gasteiger partial charge < -0.3 is 14.6 Å². The lowest BCUT2D eigenvalue weighted by Crippen LogP contribution is -2.30. The van der Waals surface area contributed by atoms with E-state index in [1.165, 1.54) is 17.3 Å². The standard InChI is InChI=1S/C21H24N4O2S/c1-14-5-7-16(8-6-14)13-22-20(26)15(2)28-21-24-23-19(25(21)3)17-9-11-18(27-4)12-10-17/h5-12,15H,13H2,1-4H3,(H,22,26). The SMILES string of the molecule is COc1ccc(-c2nnc(SC(C)C(=O)NCc3ccc(C)cc3)n2C)cc1. The lowest BCUT2D eigenvalue weighted by atomic mass is 10.1. The van der Waals surface area contributed by atoms with Crippen molar-refractivity contribution in [3.63, 3.8) is 0 Å². The number of rotatable bonds is 7. The van der Waals surface area contributed by atoms with Crippen LogP contribution in [0.2, 0.25) is 0 Å². The van der Waals surface area contributed by atoms with Crippen LogP contribution in [-0.4, -0.2) is 33.0 Å². The van der Waals surface area contributed by atoms with E-state index in [0.717, 1.165) is 22.7 Å². The van der Waals surface area contributed by atoms with Crippen LogP contribution in [0, 0.1) is 6.92 Å². The number of thioether (sulfide) groups is 1. The van der Waals surface area contributed by atoms with Crippen molar-refractivity contribution in [2.24, 2.45) is 7.05 Å². The second-order valence-electron chi connectivity index (χ2n) is 6.56. The quantitative estimate of drug-likeness (QED) is 0.618. The molecule has 6 nitrogen and oxygen atoms in total. The monoisotopic (exact) mass is 396 g/mol. The minimum absolute atomic E-state index is 0.0282. The summed E-state index contributed by atoms with van der Waals surface area (Å²) in [6.45, 7) is 4.43. The van der Waals surface area contributed by atoms with Gasteiger partial charge in [0.05, 0.1) is 12.4 Å². The van der Waals surface area contributed by atoms with E-state index in [0.29, 0.717) is 11.7 Å². The van der Waals surface area contributed by atoms with E-state index in [1.54, 1.807) is 7.11 Å². The van der Waals surface area contributed by atoms with Crippen LogP contribution in [0.15, 0.2) is 53.7 Å². The summed E-state index contributed by atoms with van der Waals surface area (Å²) in [5, 5.41) is 11.9. The summed E-state index contributed by atoms with van der Waals surface area (Å²) in [6, 6.07) is 15.8. The molecule has 7 heteroatoms. The molecule has 2 aromatic carbocycles. The van der Waals surface area contributed by atoms with Gasteiger partial charge in [0, 0.05) is 19.2 Å². The zero-order valence-corrected chi connectivity index (χ0v) is 17.3. The number of aryl methyl sites for hydroxylation is 1. The number of nitrogens with zero attached hydrogens (tertiary/aromatic N) is 3. The van der Waals surface area contributed by atoms with Gasteiger partial charge in [-0.15, -0.1) is 10.2 Å². The van der Waals surface area contributed by atoms with Gasteiger partial charge in [-0.05, 0) is 43.7 Å². The molecule has 0 bridgehead atoms. The van der Waals surface area contributed by atoms with Crippen LogP contribution >= 0.6 is 11.8 Å². The summed E-state index contributed by atoms with van der Waals surface area (Å²) in [6.07, 6.45) is 0. The van der Waals surface area contributed by atoms with Crippen LogP contribution in [0.3, 0.4) is 0 Å². The molecule has 1 unspecified atom stereocenters. The third-order valence-electron chi connectivity index (χ3n) is 4.42. The maximum atomic E-state index is 12.4. The zero-order valence-electron chi connectivity index (χ0n) is 16.5. The van der Waals surface area contributed by atoms with Gasteiger partial charge in [0.1, 0.15) is 5.75 Å². The van der Waals surface area contributed by atoms with Crippen molar-refractivity contribution < 1.29 is 9.53 Å². The maximum Gasteiger partial charge on any atom is 0.233 e. The Morgan fingerprint density at radius 3 is 2.46 bits per heavy atom. The molecule has 28 heavy (non-hydrogen) atoms. The molecule has 1 aromatic heterocycles. The number of hydrogen-bond donors (Lipinski definition) is 1. The highest BCUT2D eigenvalue weighted by Crippen LogP contribution is 2.26. The summed E-state index contributed by atoms with van der Waals surface area (Å²) >= 11 is 1.39. The molecule has 0 saturated heterocycles. The summed E-state index contributed by atoms with van der Waals surface area (Å²) in [7, 11) is 3.54. The molecule has 0 aliphatic rings. The van der Waals surface area contributed by atoms with Crippen LogP contribution in [-0.2, 0) is 18.4 Å². The Morgan fingerprint density at radius 2 is 1.82 bits per heavy atom. The average Bonchev–Trinajstić information content (AvgIpc) is 3.07. The number of carbonyl (C=O) groups is 1. The van der Waals surface area contributed by atoms with E-state index in [1.807, 2.05) is 74.0 Å². The van der Waals surface area contributed by atoms with Crippen LogP contribution in [0.1, 0.15) is 18.1 Å².